The van der Waals surface area contributed by atoms with Gasteiger partial charge in [0.15, 0.2) is 0 Å². The summed E-state index contributed by atoms with van der Waals surface area (Å²) < 4.78 is 0. The highest BCUT2D eigenvalue weighted by Gasteiger charge is 2.15. The maximum absolute atomic E-state index is 10.9. The molecule has 0 aliphatic rings. The molecule has 0 saturated heterocycles. The molecule has 0 spiro atoms. The highest BCUT2D eigenvalue weighted by atomic mass is 32.1. The highest BCUT2D eigenvalue weighted by molar-refractivity contribution is 7.80. The summed E-state index contributed by atoms with van der Waals surface area (Å²) in [5, 5.41) is 8.90. The largest absolute Gasteiger partial charge is 0.465 e. The minimum Gasteiger partial charge on any atom is -0.465 e. The van der Waals surface area contributed by atoms with Gasteiger partial charge in [-0.3, -0.25) is 4.90 Å². The van der Waals surface area contributed by atoms with E-state index in [1.807, 2.05) is 26.8 Å². The van der Waals surface area contributed by atoms with Crippen molar-refractivity contribution in [3.63, 3.8) is 0 Å². The van der Waals surface area contributed by atoms with Gasteiger partial charge in [-0.05, 0) is 43.5 Å². The lowest BCUT2D eigenvalue weighted by molar-refractivity contribution is 0.203. The van der Waals surface area contributed by atoms with Crippen LogP contribution < -0.4 is 4.90 Å². The van der Waals surface area contributed by atoms with Gasteiger partial charge in [-0.2, -0.15) is 0 Å². The third-order valence-electron chi connectivity index (χ3n) is 2.75. The van der Waals surface area contributed by atoms with Crippen LogP contribution in [0.25, 0.3) is 0 Å². The van der Waals surface area contributed by atoms with Gasteiger partial charge in [0.1, 0.15) is 0 Å². The molecule has 3 nitrogen and oxygen atoms in total. The number of rotatable bonds is 1. The van der Waals surface area contributed by atoms with Gasteiger partial charge in [-0.25, -0.2) is 4.79 Å². The summed E-state index contributed by atoms with van der Waals surface area (Å²) in [6.45, 7) is 5.92. The maximum atomic E-state index is 10.9. The molecule has 0 unspecified atom stereocenters. The van der Waals surface area contributed by atoms with Crippen molar-refractivity contribution < 1.29 is 9.90 Å². The van der Waals surface area contributed by atoms with Crippen LogP contribution in [0.4, 0.5) is 10.5 Å². The van der Waals surface area contributed by atoms with E-state index in [-0.39, 0.29) is 0 Å². The fourth-order valence-corrected chi connectivity index (χ4v) is 1.79. The van der Waals surface area contributed by atoms with Gasteiger partial charge in [-0.15, -0.1) is 12.6 Å². The van der Waals surface area contributed by atoms with Crippen molar-refractivity contribution >= 4 is 24.4 Å². The van der Waals surface area contributed by atoms with Crippen molar-refractivity contribution in [2.75, 3.05) is 11.9 Å². The van der Waals surface area contributed by atoms with Crippen LogP contribution in [0.5, 0.6) is 0 Å². The zero-order valence-electron chi connectivity index (χ0n) is 9.33. The minimum absolute atomic E-state index is 0.631. The second-order valence-electron chi connectivity index (χ2n) is 3.65. The molecule has 1 amide bonds. The molecule has 4 heteroatoms. The number of carbonyl (C=O) groups is 1. The topological polar surface area (TPSA) is 40.5 Å². The first-order valence-corrected chi connectivity index (χ1v) is 5.07. The lowest BCUT2D eigenvalue weighted by Gasteiger charge is -2.19. The quantitative estimate of drug-likeness (QED) is 0.721. The van der Waals surface area contributed by atoms with E-state index in [4.69, 9.17) is 5.11 Å². The van der Waals surface area contributed by atoms with Crippen molar-refractivity contribution in [3.05, 3.63) is 22.8 Å². The number of hydrogen-bond acceptors (Lipinski definition) is 2. The Morgan fingerprint density at radius 2 is 1.87 bits per heavy atom. The van der Waals surface area contributed by atoms with Gasteiger partial charge < -0.3 is 5.11 Å². The molecule has 0 heterocycles. The van der Waals surface area contributed by atoms with Crippen molar-refractivity contribution in [2.24, 2.45) is 0 Å². The first-order valence-electron chi connectivity index (χ1n) is 4.62. The Bertz CT molecular complexity index is 416. The summed E-state index contributed by atoms with van der Waals surface area (Å²) in [4.78, 5) is 12.8. The van der Waals surface area contributed by atoms with Crippen molar-refractivity contribution in [1.82, 2.24) is 0 Å². The molecule has 0 aliphatic carbocycles. The van der Waals surface area contributed by atoms with Crippen LogP contribution in [0.3, 0.4) is 0 Å². The lowest BCUT2D eigenvalue weighted by Crippen LogP contribution is -2.24. The molecule has 0 bridgehead atoms. The van der Waals surface area contributed by atoms with E-state index in [1.165, 1.54) is 11.9 Å². The molecule has 0 fully saturated rings. The second kappa shape index (κ2) is 4.14. The Hall–Kier alpha value is -1.16. The van der Waals surface area contributed by atoms with Crippen LogP contribution in [0.1, 0.15) is 16.7 Å². The van der Waals surface area contributed by atoms with Crippen LogP contribution in [0, 0.1) is 20.8 Å². The van der Waals surface area contributed by atoms with Crippen LogP contribution in [0.2, 0.25) is 0 Å². The molecule has 0 aromatic heterocycles. The van der Waals surface area contributed by atoms with Gasteiger partial charge in [0, 0.05) is 11.9 Å². The van der Waals surface area contributed by atoms with E-state index >= 15 is 0 Å². The first-order chi connectivity index (χ1) is 6.86. The van der Waals surface area contributed by atoms with Crippen molar-refractivity contribution in [1.29, 1.82) is 0 Å². The summed E-state index contributed by atoms with van der Waals surface area (Å²) in [6.07, 6.45) is -0.979. The highest BCUT2D eigenvalue weighted by Crippen LogP contribution is 2.31. The molecule has 15 heavy (non-hydrogen) atoms. The van der Waals surface area contributed by atoms with Gasteiger partial charge in [-0.1, -0.05) is 0 Å². The van der Waals surface area contributed by atoms with Crippen molar-refractivity contribution in [3.8, 4) is 0 Å². The number of aryl methyl sites for hydroxylation is 1. The van der Waals surface area contributed by atoms with Crippen LogP contribution >= 0.6 is 12.6 Å². The van der Waals surface area contributed by atoms with E-state index < -0.39 is 6.09 Å². The van der Waals surface area contributed by atoms with E-state index in [1.54, 1.807) is 0 Å². The monoisotopic (exact) mass is 225 g/mol. The Morgan fingerprint density at radius 1 is 1.33 bits per heavy atom. The third kappa shape index (κ3) is 2.09. The maximum Gasteiger partial charge on any atom is 0.411 e. The van der Waals surface area contributed by atoms with Crippen LogP contribution in [-0.4, -0.2) is 18.2 Å². The molecule has 1 rings (SSSR count). The van der Waals surface area contributed by atoms with Gasteiger partial charge >= 0.3 is 6.09 Å². The summed E-state index contributed by atoms with van der Waals surface area (Å²) in [5.74, 6) is 0. The van der Waals surface area contributed by atoms with Gasteiger partial charge in [0.05, 0.1) is 5.69 Å². The number of amides is 1. The average molecular weight is 225 g/mol. The molecule has 1 aromatic rings. The molecule has 0 aliphatic heterocycles. The Kier molecular flexibility index (Phi) is 3.29. The first kappa shape index (κ1) is 11.9. The van der Waals surface area contributed by atoms with Crippen molar-refractivity contribution in [2.45, 2.75) is 25.7 Å². The average Bonchev–Trinajstić information content (AvgIpc) is 2.19. The lowest BCUT2D eigenvalue weighted by atomic mass is 10.0. The zero-order chi connectivity index (χ0) is 11.7. The Labute approximate surface area is 95.1 Å². The number of carboxylic acid groups (broad SMARTS) is 1. The predicted molar refractivity (Wildman–Crippen MR) is 64.3 cm³/mol. The van der Waals surface area contributed by atoms with E-state index in [0.29, 0.717) is 5.69 Å². The second-order valence-corrected chi connectivity index (χ2v) is 4.10. The molecule has 82 valence electrons. The van der Waals surface area contributed by atoms with Gasteiger partial charge in [0.25, 0.3) is 0 Å². The number of nitrogens with zero attached hydrogens (tertiary/aromatic N) is 1. The SMILES string of the molecule is Cc1cc(N(C)C(=O)O)c(S)c(C)c1C. The molecule has 0 atom stereocenters. The van der Waals surface area contributed by atoms with E-state index in [0.717, 1.165) is 21.6 Å². The summed E-state index contributed by atoms with van der Waals surface area (Å²) in [5.41, 5.74) is 3.89. The normalized spacial score (nSPS) is 10.2. The smallest absolute Gasteiger partial charge is 0.411 e. The molecular formula is C11H15NO2S. The number of anilines is 1. The molecule has 1 N–H and O–H groups in total. The van der Waals surface area contributed by atoms with E-state index in [2.05, 4.69) is 12.6 Å². The van der Waals surface area contributed by atoms with Gasteiger partial charge in [0.2, 0.25) is 0 Å². The number of benzene rings is 1. The minimum atomic E-state index is -0.979. The fourth-order valence-electron chi connectivity index (χ4n) is 1.41. The van der Waals surface area contributed by atoms with Crippen LogP contribution in [0.15, 0.2) is 11.0 Å². The molecule has 0 radical (unpaired) electrons. The predicted octanol–water partition coefficient (Wildman–Crippen LogP) is 3.01. The van der Waals surface area contributed by atoms with Crippen LogP contribution in [-0.2, 0) is 0 Å². The third-order valence-corrected chi connectivity index (χ3v) is 3.32. The standard InChI is InChI=1S/C11H15NO2S/c1-6-5-9(12(4)11(13)14)10(15)8(3)7(6)2/h5,15H,1-4H3,(H,13,14). The molecular weight excluding hydrogens is 210 g/mol. The summed E-state index contributed by atoms with van der Waals surface area (Å²) >= 11 is 4.36. The molecule has 1 aromatic carbocycles. The Balaban J connectivity index is 3.38. The van der Waals surface area contributed by atoms with E-state index in [9.17, 15) is 4.79 Å². The zero-order valence-corrected chi connectivity index (χ0v) is 10.2. The Morgan fingerprint density at radius 3 is 2.33 bits per heavy atom. The number of thiol groups is 1. The number of hydrogen-bond donors (Lipinski definition) is 2. The molecule has 0 saturated carbocycles. The summed E-state index contributed by atoms with van der Waals surface area (Å²) in [7, 11) is 1.52. The fraction of sp³-hybridized carbons (Fsp3) is 0.364. The summed E-state index contributed by atoms with van der Waals surface area (Å²) in [6, 6.07) is 1.85.